The Morgan fingerprint density at radius 1 is 1.25 bits per heavy atom. The first-order valence-electron chi connectivity index (χ1n) is 10.9. The van der Waals surface area contributed by atoms with Crippen LogP contribution in [0, 0.1) is 5.82 Å². The molecule has 1 N–H and O–H groups in total. The standard InChI is InChI=1S/C23H25ClF2N4O2/c1-12-21(24)13(2)30-22(27-12)18-10-29(11-19(18)28-30)23(31)17-8-5-15(26)9-20(17)32-16-6-3-14(25)4-7-16/h5,8-9,12,14,16,27H,3-4,6-7,10-11H2,1-2H3/t12?,14-,16+. The Balaban J connectivity index is 1.37. The van der Waals surface area contributed by atoms with Crippen molar-refractivity contribution in [3.63, 3.8) is 0 Å². The van der Waals surface area contributed by atoms with E-state index in [1.807, 2.05) is 13.8 Å². The molecule has 9 heteroatoms. The summed E-state index contributed by atoms with van der Waals surface area (Å²) in [6, 6.07) is 3.93. The van der Waals surface area contributed by atoms with Crippen molar-refractivity contribution in [1.82, 2.24) is 14.7 Å². The Labute approximate surface area is 190 Å². The number of anilines is 1. The molecule has 6 nitrogen and oxygen atoms in total. The summed E-state index contributed by atoms with van der Waals surface area (Å²) in [6.45, 7) is 4.63. The van der Waals surface area contributed by atoms with E-state index in [0.29, 0.717) is 49.4 Å². The van der Waals surface area contributed by atoms with Gasteiger partial charge in [-0.1, -0.05) is 11.6 Å². The molecule has 1 amide bonds. The van der Waals surface area contributed by atoms with Crippen LogP contribution < -0.4 is 10.1 Å². The second-order valence-electron chi connectivity index (χ2n) is 8.78. The number of carbonyl (C=O) groups is 1. The van der Waals surface area contributed by atoms with Crippen molar-refractivity contribution in [2.45, 2.75) is 70.9 Å². The Morgan fingerprint density at radius 2 is 2.00 bits per heavy atom. The predicted molar refractivity (Wildman–Crippen MR) is 118 cm³/mol. The van der Waals surface area contributed by atoms with E-state index in [4.69, 9.17) is 16.3 Å². The van der Waals surface area contributed by atoms with Crippen molar-refractivity contribution in [2.75, 3.05) is 5.32 Å². The summed E-state index contributed by atoms with van der Waals surface area (Å²) in [5, 5.41) is 8.73. The number of allylic oxidation sites excluding steroid dienone is 1. The number of carbonyl (C=O) groups excluding carboxylic acids is 1. The summed E-state index contributed by atoms with van der Waals surface area (Å²) in [4.78, 5) is 15.0. The van der Waals surface area contributed by atoms with Gasteiger partial charge in [-0.3, -0.25) is 4.79 Å². The van der Waals surface area contributed by atoms with Gasteiger partial charge in [-0.2, -0.15) is 5.10 Å². The smallest absolute Gasteiger partial charge is 0.258 e. The van der Waals surface area contributed by atoms with E-state index >= 15 is 0 Å². The van der Waals surface area contributed by atoms with Crippen molar-refractivity contribution in [2.24, 2.45) is 0 Å². The quantitative estimate of drug-likeness (QED) is 0.691. The third kappa shape index (κ3) is 3.64. The van der Waals surface area contributed by atoms with Crippen molar-refractivity contribution in [3.05, 3.63) is 45.9 Å². The van der Waals surface area contributed by atoms with Gasteiger partial charge in [-0.25, -0.2) is 13.5 Å². The molecule has 1 atom stereocenters. The first-order valence-corrected chi connectivity index (χ1v) is 11.3. The summed E-state index contributed by atoms with van der Waals surface area (Å²) >= 11 is 6.37. The van der Waals surface area contributed by atoms with Gasteiger partial charge in [0.05, 0.1) is 47.2 Å². The summed E-state index contributed by atoms with van der Waals surface area (Å²) in [6.07, 6.45) is 0.919. The van der Waals surface area contributed by atoms with Crippen LogP contribution in [-0.4, -0.2) is 38.9 Å². The Bertz CT molecular complexity index is 1110. The van der Waals surface area contributed by atoms with E-state index in [-0.39, 0.29) is 23.8 Å². The van der Waals surface area contributed by atoms with Gasteiger partial charge in [0.1, 0.15) is 23.6 Å². The van der Waals surface area contributed by atoms with Gasteiger partial charge < -0.3 is 15.0 Å². The van der Waals surface area contributed by atoms with Crippen LogP contribution in [0.3, 0.4) is 0 Å². The monoisotopic (exact) mass is 462 g/mol. The normalized spacial score (nSPS) is 24.8. The summed E-state index contributed by atoms with van der Waals surface area (Å²) in [5.41, 5.74) is 2.95. The number of ether oxygens (including phenoxy) is 1. The van der Waals surface area contributed by atoms with Crippen LogP contribution in [0.2, 0.25) is 0 Å². The molecule has 1 saturated carbocycles. The van der Waals surface area contributed by atoms with Crippen molar-refractivity contribution >= 4 is 29.0 Å². The molecule has 0 radical (unpaired) electrons. The van der Waals surface area contributed by atoms with Crippen LogP contribution in [-0.2, 0) is 13.1 Å². The van der Waals surface area contributed by atoms with Crippen LogP contribution in [0.25, 0.3) is 5.70 Å². The molecule has 1 unspecified atom stereocenters. The second kappa shape index (κ2) is 8.06. The topological polar surface area (TPSA) is 59.4 Å². The molecule has 2 aromatic rings. The van der Waals surface area contributed by atoms with E-state index in [9.17, 15) is 13.6 Å². The number of fused-ring (bicyclic) bond motifs is 3. The van der Waals surface area contributed by atoms with Crippen molar-refractivity contribution in [1.29, 1.82) is 0 Å². The zero-order valence-corrected chi connectivity index (χ0v) is 18.8. The molecule has 32 heavy (non-hydrogen) atoms. The molecular weight excluding hydrogens is 438 g/mol. The van der Waals surface area contributed by atoms with Gasteiger partial charge in [0.2, 0.25) is 0 Å². The lowest BCUT2D eigenvalue weighted by Crippen LogP contribution is -2.30. The van der Waals surface area contributed by atoms with Crippen molar-refractivity contribution < 1.29 is 18.3 Å². The molecule has 3 heterocycles. The van der Waals surface area contributed by atoms with Gasteiger partial charge in [-0.15, -0.1) is 0 Å². The molecule has 1 aromatic heterocycles. The first-order chi connectivity index (χ1) is 15.3. The maximum absolute atomic E-state index is 14.0. The average molecular weight is 463 g/mol. The number of amides is 1. The van der Waals surface area contributed by atoms with Gasteiger partial charge in [0, 0.05) is 11.6 Å². The van der Waals surface area contributed by atoms with E-state index in [1.165, 1.54) is 18.2 Å². The number of nitrogens with one attached hydrogen (secondary N) is 1. The summed E-state index contributed by atoms with van der Waals surface area (Å²) in [7, 11) is 0. The Hall–Kier alpha value is -2.61. The van der Waals surface area contributed by atoms with Gasteiger partial charge in [0.25, 0.3) is 5.91 Å². The molecule has 1 fully saturated rings. The van der Waals surface area contributed by atoms with Crippen LogP contribution >= 0.6 is 11.6 Å². The number of halogens is 3. The molecule has 2 aliphatic heterocycles. The third-order valence-corrected chi connectivity index (χ3v) is 7.11. The number of aromatic nitrogens is 2. The minimum Gasteiger partial charge on any atom is -0.489 e. The first kappa shape index (κ1) is 21.2. The van der Waals surface area contributed by atoms with Crippen LogP contribution in [0.1, 0.15) is 61.1 Å². The van der Waals surface area contributed by atoms with Crippen molar-refractivity contribution in [3.8, 4) is 5.75 Å². The van der Waals surface area contributed by atoms with Gasteiger partial charge in [-0.05, 0) is 51.7 Å². The molecule has 3 aliphatic rings. The lowest BCUT2D eigenvalue weighted by molar-refractivity contribution is 0.0732. The predicted octanol–water partition coefficient (Wildman–Crippen LogP) is 5.08. The van der Waals surface area contributed by atoms with Crippen LogP contribution in [0.4, 0.5) is 14.6 Å². The number of hydrogen-bond acceptors (Lipinski definition) is 4. The summed E-state index contributed by atoms with van der Waals surface area (Å²) in [5.74, 6) is 0.345. The molecule has 0 saturated heterocycles. The summed E-state index contributed by atoms with van der Waals surface area (Å²) < 4.78 is 35.2. The highest BCUT2D eigenvalue weighted by molar-refractivity contribution is 6.33. The number of hydrogen-bond donors (Lipinski definition) is 1. The Morgan fingerprint density at radius 3 is 2.75 bits per heavy atom. The zero-order chi connectivity index (χ0) is 22.6. The van der Waals surface area contributed by atoms with E-state index in [1.54, 1.807) is 9.58 Å². The lowest BCUT2D eigenvalue weighted by Gasteiger charge is -2.27. The number of alkyl halides is 1. The molecule has 0 spiro atoms. The number of nitrogens with zero attached hydrogens (tertiary/aromatic N) is 3. The fourth-order valence-corrected chi connectivity index (χ4v) is 4.83. The van der Waals surface area contributed by atoms with Gasteiger partial charge in [0.15, 0.2) is 0 Å². The highest BCUT2D eigenvalue weighted by atomic mass is 35.5. The van der Waals surface area contributed by atoms with Gasteiger partial charge >= 0.3 is 0 Å². The zero-order valence-electron chi connectivity index (χ0n) is 18.0. The molecule has 5 rings (SSSR count). The molecule has 1 aliphatic carbocycles. The van der Waals surface area contributed by atoms with E-state index in [2.05, 4.69) is 10.4 Å². The Kier molecular flexibility index (Phi) is 5.35. The molecule has 170 valence electrons. The number of benzene rings is 1. The molecule has 1 aromatic carbocycles. The molecular formula is C23H25ClF2N4O2. The fraction of sp³-hybridized carbons (Fsp3) is 0.478. The minimum absolute atomic E-state index is 0.0359. The average Bonchev–Trinajstić information content (AvgIpc) is 3.33. The number of rotatable bonds is 3. The fourth-order valence-electron chi connectivity index (χ4n) is 4.69. The maximum atomic E-state index is 14.0. The highest BCUT2D eigenvalue weighted by Crippen LogP contribution is 2.38. The lowest BCUT2D eigenvalue weighted by atomic mass is 9.96. The third-order valence-electron chi connectivity index (χ3n) is 6.51. The molecule has 0 bridgehead atoms. The second-order valence-corrected chi connectivity index (χ2v) is 9.19. The van der Waals surface area contributed by atoms with Crippen LogP contribution in [0.15, 0.2) is 23.2 Å². The van der Waals surface area contributed by atoms with E-state index < -0.39 is 12.0 Å². The SMILES string of the molecule is CC1=C(Cl)C(C)Nc2c3c(nn21)CN(C(=O)c1ccc(F)cc1O[C@H]1CC[C@@H](F)CC1)C3. The van der Waals surface area contributed by atoms with Crippen LogP contribution in [0.5, 0.6) is 5.75 Å². The maximum Gasteiger partial charge on any atom is 0.258 e. The minimum atomic E-state index is -0.813. The van der Waals surface area contributed by atoms with E-state index in [0.717, 1.165) is 22.8 Å². The highest BCUT2D eigenvalue weighted by Gasteiger charge is 2.35. The largest absolute Gasteiger partial charge is 0.489 e.